The molecule has 0 saturated carbocycles. The van der Waals surface area contributed by atoms with Crippen LogP contribution in [0.5, 0.6) is 0 Å². The lowest BCUT2D eigenvalue weighted by atomic mass is 9.91. The van der Waals surface area contributed by atoms with Crippen molar-refractivity contribution in [2.75, 3.05) is 50.1 Å². The van der Waals surface area contributed by atoms with Crippen LogP contribution in [0.1, 0.15) is 73.8 Å². The molecule has 0 saturated heterocycles. The third-order valence-electron chi connectivity index (χ3n) is 8.44. The number of aromatic nitrogens is 2. The van der Waals surface area contributed by atoms with Gasteiger partial charge in [0.2, 0.25) is 0 Å². The van der Waals surface area contributed by atoms with Crippen LogP contribution in [0, 0.1) is 0 Å². The van der Waals surface area contributed by atoms with Crippen molar-refractivity contribution >= 4 is 34.0 Å². The zero-order valence-electron chi connectivity index (χ0n) is 25.9. The van der Waals surface area contributed by atoms with Gasteiger partial charge < -0.3 is 20.4 Å². The van der Waals surface area contributed by atoms with Crippen LogP contribution in [0.25, 0.3) is 0 Å². The van der Waals surface area contributed by atoms with Crippen molar-refractivity contribution in [3.8, 4) is 0 Å². The van der Waals surface area contributed by atoms with Crippen molar-refractivity contribution in [1.82, 2.24) is 20.6 Å². The molecule has 4 aromatic heterocycles. The molecular formula is C34H46N6S2. The predicted octanol–water partition coefficient (Wildman–Crippen LogP) is 7.18. The molecule has 2 N–H and O–H groups in total. The Labute approximate surface area is 260 Å². The normalized spacial score (nSPS) is 17.8. The zero-order valence-corrected chi connectivity index (χ0v) is 27.6. The number of rotatable bonds is 10. The highest BCUT2D eigenvalue weighted by atomic mass is 32.1. The number of anilines is 2. The molecule has 0 aromatic carbocycles. The maximum absolute atomic E-state index is 4.65. The van der Waals surface area contributed by atoms with Crippen LogP contribution in [0.4, 0.5) is 11.4 Å². The fourth-order valence-corrected chi connectivity index (χ4v) is 8.20. The van der Waals surface area contributed by atoms with E-state index >= 15 is 0 Å². The Morgan fingerprint density at radius 1 is 0.690 bits per heavy atom. The summed E-state index contributed by atoms with van der Waals surface area (Å²) in [5.41, 5.74) is 5.30. The molecule has 42 heavy (non-hydrogen) atoms. The van der Waals surface area contributed by atoms with E-state index in [1.165, 1.54) is 32.5 Å². The molecule has 0 amide bonds. The van der Waals surface area contributed by atoms with Gasteiger partial charge in [-0.15, -0.1) is 22.7 Å². The predicted molar refractivity (Wildman–Crippen MR) is 180 cm³/mol. The number of hydrogen-bond acceptors (Lipinski definition) is 8. The quantitative estimate of drug-likeness (QED) is 0.201. The van der Waals surface area contributed by atoms with Crippen molar-refractivity contribution in [3.05, 3.63) is 92.8 Å². The van der Waals surface area contributed by atoms with Crippen LogP contribution in [0.2, 0.25) is 0 Å². The second-order valence-electron chi connectivity index (χ2n) is 12.6. The van der Waals surface area contributed by atoms with Crippen molar-refractivity contribution in [1.29, 1.82) is 0 Å². The highest BCUT2D eigenvalue weighted by Gasteiger charge is 2.41. The Bertz CT molecular complexity index is 1290. The van der Waals surface area contributed by atoms with Crippen molar-refractivity contribution in [3.63, 3.8) is 0 Å². The van der Waals surface area contributed by atoms with Crippen LogP contribution in [-0.4, -0.2) is 50.2 Å². The fourth-order valence-electron chi connectivity index (χ4n) is 6.46. The Balaban J connectivity index is 0.000000168. The highest BCUT2D eigenvalue weighted by Crippen LogP contribution is 2.45. The topological polar surface area (TPSA) is 56.3 Å². The molecule has 2 atom stereocenters. The van der Waals surface area contributed by atoms with Gasteiger partial charge in [0.05, 0.1) is 34.8 Å². The van der Waals surface area contributed by atoms with E-state index in [1.54, 1.807) is 0 Å². The van der Waals surface area contributed by atoms with E-state index in [2.05, 4.69) is 117 Å². The first kappa shape index (κ1) is 30.7. The molecule has 2 aliphatic rings. The van der Waals surface area contributed by atoms with Crippen LogP contribution >= 0.6 is 22.7 Å². The van der Waals surface area contributed by atoms with Crippen molar-refractivity contribution in [2.45, 2.75) is 63.5 Å². The van der Waals surface area contributed by atoms with E-state index in [0.717, 1.165) is 39.0 Å². The lowest BCUT2D eigenvalue weighted by molar-refractivity contribution is 0.494. The summed E-state index contributed by atoms with van der Waals surface area (Å²) >= 11 is 3.71. The minimum Gasteiger partial charge on any atom is -0.361 e. The number of nitrogens with zero attached hydrogens (tertiary/aromatic N) is 4. The minimum atomic E-state index is 0.117. The van der Waals surface area contributed by atoms with Gasteiger partial charge in [0.1, 0.15) is 0 Å². The van der Waals surface area contributed by atoms with Crippen molar-refractivity contribution < 1.29 is 0 Å². The van der Waals surface area contributed by atoms with Crippen LogP contribution in [0.15, 0.2) is 71.7 Å². The zero-order chi connectivity index (χ0) is 29.7. The van der Waals surface area contributed by atoms with E-state index in [0.29, 0.717) is 12.1 Å². The van der Waals surface area contributed by atoms with Gasteiger partial charge >= 0.3 is 0 Å². The van der Waals surface area contributed by atoms with E-state index in [1.807, 2.05) is 49.2 Å². The maximum Gasteiger partial charge on any atom is 0.0710 e. The molecule has 4 aromatic rings. The SMILES string of the molecule is CNCC[C@@H](c1cccs1)N1CC(C)(C)c2ncccc21.CNCC[C@H](c1cccs1)N1CC(C)(C)c2ncccc21. The summed E-state index contributed by atoms with van der Waals surface area (Å²) < 4.78 is 0. The van der Waals surface area contributed by atoms with Gasteiger partial charge in [-0.3, -0.25) is 9.97 Å². The van der Waals surface area contributed by atoms with E-state index in [9.17, 15) is 0 Å². The molecule has 6 rings (SSSR count). The molecule has 0 unspecified atom stereocenters. The first-order valence-electron chi connectivity index (χ1n) is 15.1. The molecule has 6 nitrogen and oxygen atoms in total. The second-order valence-corrected chi connectivity index (χ2v) is 14.6. The largest absolute Gasteiger partial charge is 0.361 e. The molecule has 224 valence electrons. The Kier molecular flexibility index (Phi) is 9.67. The summed E-state index contributed by atoms with van der Waals surface area (Å²) in [4.78, 5) is 17.3. The monoisotopic (exact) mass is 602 g/mol. The molecule has 0 radical (unpaired) electrons. The molecule has 2 aliphatic heterocycles. The Morgan fingerprint density at radius 2 is 1.12 bits per heavy atom. The van der Waals surface area contributed by atoms with Gasteiger partial charge in [-0.2, -0.15) is 0 Å². The summed E-state index contributed by atoms with van der Waals surface area (Å²) in [6.45, 7) is 13.3. The third kappa shape index (κ3) is 6.42. The minimum absolute atomic E-state index is 0.117. The number of thiophene rings is 2. The number of fused-ring (bicyclic) bond motifs is 2. The maximum atomic E-state index is 4.65. The number of hydrogen-bond donors (Lipinski definition) is 2. The molecule has 0 aliphatic carbocycles. The highest BCUT2D eigenvalue weighted by molar-refractivity contribution is 7.10. The van der Waals surface area contributed by atoms with E-state index in [-0.39, 0.29) is 10.8 Å². The third-order valence-corrected chi connectivity index (χ3v) is 10.4. The smallest absolute Gasteiger partial charge is 0.0710 e. The van der Waals surface area contributed by atoms with Gasteiger partial charge in [-0.25, -0.2) is 0 Å². The molecule has 0 spiro atoms. The lowest BCUT2D eigenvalue weighted by Crippen LogP contribution is -2.33. The van der Waals surface area contributed by atoms with Crippen LogP contribution < -0.4 is 20.4 Å². The van der Waals surface area contributed by atoms with Gasteiger partial charge in [-0.05, 0) is 87.2 Å². The summed E-state index contributed by atoms with van der Waals surface area (Å²) in [7, 11) is 4.05. The molecular weight excluding hydrogens is 557 g/mol. The standard InChI is InChI=1S/2C17H23N3S/c2*1-17(2)12-20(14-6-4-9-19-16(14)17)13(8-10-18-3)15-7-5-11-21-15/h2*4-7,9,11,13,18H,8,10,12H2,1-3H3/t2*13-/m10/s1. The lowest BCUT2D eigenvalue weighted by Gasteiger charge is -2.31. The van der Waals surface area contributed by atoms with Gasteiger partial charge in [-0.1, -0.05) is 39.8 Å². The van der Waals surface area contributed by atoms with Gasteiger partial charge in [0, 0.05) is 46.1 Å². The fraction of sp³-hybridized carbons (Fsp3) is 0.471. The molecule has 8 heteroatoms. The Morgan fingerprint density at radius 3 is 1.48 bits per heavy atom. The first-order valence-corrected chi connectivity index (χ1v) is 16.8. The first-order chi connectivity index (χ1) is 20.3. The summed E-state index contributed by atoms with van der Waals surface area (Å²) in [6, 6.07) is 18.2. The van der Waals surface area contributed by atoms with Crippen LogP contribution in [0.3, 0.4) is 0 Å². The Hall–Kier alpha value is -2.78. The van der Waals surface area contributed by atoms with Crippen LogP contribution in [-0.2, 0) is 10.8 Å². The average molecular weight is 603 g/mol. The summed E-state index contributed by atoms with van der Waals surface area (Å²) in [5.74, 6) is 0. The summed E-state index contributed by atoms with van der Waals surface area (Å²) in [5, 5.41) is 10.9. The van der Waals surface area contributed by atoms with E-state index < -0.39 is 0 Å². The average Bonchev–Trinajstić information content (AvgIpc) is 3.79. The molecule has 0 fully saturated rings. The van der Waals surface area contributed by atoms with Gasteiger partial charge in [0.25, 0.3) is 0 Å². The van der Waals surface area contributed by atoms with E-state index in [4.69, 9.17) is 0 Å². The molecule has 6 heterocycles. The number of pyridine rings is 2. The van der Waals surface area contributed by atoms with Gasteiger partial charge in [0.15, 0.2) is 0 Å². The number of nitrogens with one attached hydrogen (secondary N) is 2. The summed E-state index contributed by atoms with van der Waals surface area (Å²) in [6.07, 6.45) is 6.05. The van der Waals surface area contributed by atoms with Crippen molar-refractivity contribution in [2.24, 2.45) is 0 Å². The second kappa shape index (κ2) is 13.2. The molecule has 0 bridgehead atoms.